The highest BCUT2D eigenvalue weighted by molar-refractivity contribution is 9.09. The molecule has 2 aromatic rings. The highest BCUT2D eigenvalue weighted by Gasteiger charge is 2.42. The molecule has 0 amide bonds. The maximum atomic E-state index is 9.38. The molecular weight excluding hydrogens is 332 g/mol. The van der Waals surface area contributed by atoms with Crippen molar-refractivity contribution < 1.29 is 5.21 Å². The molecule has 0 spiro atoms. The average molecular weight is 349 g/mol. The van der Waals surface area contributed by atoms with Gasteiger partial charge in [-0.2, -0.15) is 5.10 Å². The maximum Gasteiger partial charge on any atom is 0.153 e. The monoisotopic (exact) mass is 348 g/mol. The van der Waals surface area contributed by atoms with Crippen LogP contribution in [0.15, 0.2) is 29.6 Å². The minimum atomic E-state index is -0.0758. The Bertz CT molecular complexity index is 706. The predicted octanol–water partition coefficient (Wildman–Crippen LogP) is 3.62. The van der Waals surface area contributed by atoms with Gasteiger partial charge in [0.25, 0.3) is 0 Å². The van der Waals surface area contributed by atoms with Crippen molar-refractivity contribution in [3.63, 3.8) is 0 Å². The van der Waals surface area contributed by atoms with E-state index in [0.717, 1.165) is 22.8 Å². The molecule has 0 bridgehead atoms. The predicted molar refractivity (Wildman–Crippen MR) is 84.5 cm³/mol. The third kappa shape index (κ3) is 2.18. The molecular formula is C15H17BrN4O. The summed E-state index contributed by atoms with van der Waals surface area (Å²) in [6, 6.07) is 5.73. The Morgan fingerprint density at radius 1 is 1.43 bits per heavy atom. The molecule has 0 radical (unpaired) electrons. The molecule has 1 aliphatic rings. The molecule has 1 atom stereocenters. The van der Waals surface area contributed by atoms with Crippen molar-refractivity contribution >= 4 is 21.6 Å². The van der Waals surface area contributed by atoms with Crippen molar-refractivity contribution in [2.75, 3.05) is 0 Å². The van der Waals surface area contributed by atoms with Crippen LogP contribution in [-0.4, -0.2) is 25.7 Å². The van der Waals surface area contributed by atoms with Gasteiger partial charge in [-0.25, -0.2) is 9.67 Å². The SMILES string of the molecule is Cc1nn(-c2ccccn2)c2c1/C(=N\O)CC(C)(C)C2Br. The Kier molecular flexibility index (Phi) is 3.36. The van der Waals surface area contributed by atoms with Crippen molar-refractivity contribution in [3.05, 3.63) is 41.3 Å². The molecule has 110 valence electrons. The number of nitrogens with zero attached hydrogens (tertiary/aromatic N) is 4. The number of halogens is 1. The third-order valence-corrected chi connectivity index (χ3v) is 5.59. The minimum Gasteiger partial charge on any atom is -0.411 e. The van der Waals surface area contributed by atoms with Crippen LogP contribution >= 0.6 is 15.9 Å². The standard InChI is InChI=1S/C15H17BrN4O/c1-9-12-10(19-21)8-15(2,3)14(16)13(12)20(18-9)11-6-4-5-7-17-11/h4-7,14,21H,8H2,1-3H3/b19-10-. The van der Waals surface area contributed by atoms with Crippen LogP contribution in [-0.2, 0) is 0 Å². The average Bonchev–Trinajstić information content (AvgIpc) is 2.82. The summed E-state index contributed by atoms with van der Waals surface area (Å²) in [7, 11) is 0. The van der Waals surface area contributed by atoms with Crippen LogP contribution in [0.5, 0.6) is 0 Å². The second kappa shape index (κ2) is 4.94. The second-order valence-corrected chi connectivity index (χ2v) is 6.94. The Morgan fingerprint density at radius 2 is 2.19 bits per heavy atom. The van der Waals surface area contributed by atoms with E-state index in [-0.39, 0.29) is 10.2 Å². The Hall–Kier alpha value is -1.69. The van der Waals surface area contributed by atoms with Gasteiger partial charge in [0.1, 0.15) is 0 Å². The number of aromatic nitrogens is 3. The quantitative estimate of drug-likeness (QED) is 0.486. The number of alkyl halides is 1. The number of hydrogen-bond donors (Lipinski definition) is 1. The Morgan fingerprint density at radius 3 is 2.81 bits per heavy atom. The lowest BCUT2D eigenvalue weighted by atomic mass is 9.75. The van der Waals surface area contributed by atoms with Gasteiger partial charge in [-0.15, -0.1) is 0 Å². The van der Waals surface area contributed by atoms with E-state index in [0.29, 0.717) is 12.1 Å². The number of rotatable bonds is 1. The highest BCUT2D eigenvalue weighted by atomic mass is 79.9. The van der Waals surface area contributed by atoms with Crippen LogP contribution < -0.4 is 0 Å². The number of pyridine rings is 1. The summed E-state index contributed by atoms with van der Waals surface area (Å²) < 4.78 is 1.84. The van der Waals surface area contributed by atoms with Crippen molar-refractivity contribution in [1.29, 1.82) is 0 Å². The van der Waals surface area contributed by atoms with Crippen LogP contribution in [0.25, 0.3) is 5.82 Å². The summed E-state index contributed by atoms with van der Waals surface area (Å²) in [6.07, 6.45) is 2.44. The summed E-state index contributed by atoms with van der Waals surface area (Å²) in [5.41, 5.74) is 3.38. The topological polar surface area (TPSA) is 63.3 Å². The Labute approximate surface area is 131 Å². The zero-order valence-corrected chi connectivity index (χ0v) is 13.8. The Balaban J connectivity index is 2.29. The van der Waals surface area contributed by atoms with Crippen LogP contribution in [0.3, 0.4) is 0 Å². The van der Waals surface area contributed by atoms with E-state index >= 15 is 0 Å². The van der Waals surface area contributed by atoms with Crippen LogP contribution in [0.2, 0.25) is 0 Å². The maximum absolute atomic E-state index is 9.38. The zero-order valence-electron chi connectivity index (χ0n) is 12.2. The van der Waals surface area contributed by atoms with E-state index in [1.54, 1.807) is 6.20 Å². The van der Waals surface area contributed by atoms with Gasteiger partial charge < -0.3 is 5.21 Å². The zero-order chi connectivity index (χ0) is 15.2. The van der Waals surface area contributed by atoms with Crippen molar-refractivity contribution in [2.45, 2.75) is 32.0 Å². The van der Waals surface area contributed by atoms with Gasteiger partial charge in [0.05, 0.1) is 21.9 Å². The van der Waals surface area contributed by atoms with Gasteiger partial charge >= 0.3 is 0 Å². The highest BCUT2D eigenvalue weighted by Crippen LogP contribution is 2.49. The molecule has 6 heteroatoms. The van der Waals surface area contributed by atoms with E-state index in [9.17, 15) is 5.21 Å². The van der Waals surface area contributed by atoms with Gasteiger partial charge in [-0.3, -0.25) is 0 Å². The smallest absolute Gasteiger partial charge is 0.153 e. The molecule has 1 N–H and O–H groups in total. The first-order chi connectivity index (χ1) is 9.95. The first-order valence-corrected chi connectivity index (χ1v) is 7.73. The van der Waals surface area contributed by atoms with E-state index in [1.165, 1.54) is 0 Å². The van der Waals surface area contributed by atoms with Gasteiger partial charge in [0.2, 0.25) is 0 Å². The summed E-state index contributed by atoms with van der Waals surface area (Å²) in [4.78, 5) is 4.49. The first kappa shape index (κ1) is 14.3. The van der Waals surface area contributed by atoms with Crippen molar-refractivity contribution in [2.24, 2.45) is 10.6 Å². The summed E-state index contributed by atoms with van der Waals surface area (Å²) in [5.74, 6) is 0.765. The van der Waals surface area contributed by atoms with Crippen LogP contribution in [0.1, 0.15) is 42.0 Å². The van der Waals surface area contributed by atoms with Crippen LogP contribution in [0, 0.1) is 12.3 Å². The third-order valence-electron chi connectivity index (χ3n) is 3.92. The van der Waals surface area contributed by atoms with E-state index in [1.807, 2.05) is 29.8 Å². The molecule has 0 fully saturated rings. The lowest BCUT2D eigenvalue weighted by Gasteiger charge is -2.35. The number of oxime groups is 1. The molecule has 1 aliphatic carbocycles. The molecule has 0 aromatic carbocycles. The van der Waals surface area contributed by atoms with E-state index in [2.05, 4.69) is 45.0 Å². The molecule has 2 heterocycles. The number of hydrogen-bond acceptors (Lipinski definition) is 4. The summed E-state index contributed by atoms with van der Waals surface area (Å²) in [6.45, 7) is 6.22. The lowest BCUT2D eigenvalue weighted by Crippen LogP contribution is -2.30. The lowest BCUT2D eigenvalue weighted by molar-refractivity contribution is 0.305. The van der Waals surface area contributed by atoms with Crippen molar-refractivity contribution in [3.8, 4) is 5.82 Å². The molecule has 21 heavy (non-hydrogen) atoms. The molecule has 0 saturated heterocycles. The van der Waals surface area contributed by atoms with Gasteiger partial charge in [-0.05, 0) is 24.5 Å². The van der Waals surface area contributed by atoms with E-state index in [4.69, 9.17) is 0 Å². The first-order valence-electron chi connectivity index (χ1n) is 6.82. The second-order valence-electron chi connectivity index (χ2n) is 6.02. The van der Waals surface area contributed by atoms with Gasteiger partial charge in [-0.1, -0.05) is 41.0 Å². The fourth-order valence-electron chi connectivity index (χ4n) is 2.85. The molecule has 2 aromatic heterocycles. The fourth-order valence-corrected chi connectivity index (χ4v) is 3.44. The fraction of sp³-hybridized carbons (Fsp3) is 0.400. The minimum absolute atomic E-state index is 0.0758. The molecule has 0 aliphatic heterocycles. The number of aryl methyl sites for hydroxylation is 1. The molecule has 3 rings (SSSR count). The summed E-state index contributed by atoms with van der Waals surface area (Å²) >= 11 is 3.80. The number of fused-ring (bicyclic) bond motifs is 1. The molecule has 0 saturated carbocycles. The van der Waals surface area contributed by atoms with E-state index < -0.39 is 0 Å². The van der Waals surface area contributed by atoms with Crippen LogP contribution in [0.4, 0.5) is 0 Å². The largest absolute Gasteiger partial charge is 0.411 e. The summed E-state index contributed by atoms with van der Waals surface area (Å²) in [5, 5.41) is 17.5. The molecule has 5 nitrogen and oxygen atoms in total. The van der Waals surface area contributed by atoms with Crippen molar-refractivity contribution in [1.82, 2.24) is 14.8 Å². The normalized spacial score (nSPS) is 22.3. The van der Waals surface area contributed by atoms with Gasteiger partial charge in [0, 0.05) is 18.2 Å². The van der Waals surface area contributed by atoms with Gasteiger partial charge in [0.15, 0.2) is 5.82 Å². The molecule has 1 unspecified atom stereocenters.